The van der Waals surface area contributed by atoms with E-state index in [1.165, 1.54) is 59.3 Å². The minimum Gasteiger partial charge on any atom is -0.353 e. The molecule has 7 heteroatoms. The van der Waals surface area contributed by atoms with E-state index in [1.807, 2.05) is 27.7 Å². The Kier molecular flexibility index (Phi) is 19.4. The second-order valence-electron chi connectivity index (χ2n) is 7.95. The fourth-order valence-electron chi connectivity index (χ4n) is 3.54. The van der Waals surface area contributed by atoms with Crippen LogP contribution < -0.4 is 0 Å². The highest BCUT2D eigenvalue weighted by molar-refractivity contribution is 6.11. The fraction of sp³-hybridized carbons (Fsp3) is 1.00. The van der Waals surface area contributed by atoms with E-state index in [0.717, 1.165) is 50.4 Å². The lowest BCUT2D eigenvalue weighted by Crippen LogP contribution is -2.23. The van der Waals surface area contributed by atoms with E-state index >= 15 is 0 Å². The molecule has 0 radical (unpaired) electrons. The maximum atomic E-state index is 5.69. The third-order valence-corrected chi connectivity index (χ3v) is 7.17. The number of hydrogen-bond acceptors (Lipinski definition) is 5. The quantitative estimate of drug-likeness (QED) is 0.217. The Morgan fingerprint density at radius 1 is 0.643 bits per heavy atom. The molecular weight excluding hydrogens is 386 g/mol. The van der Waals surface area contributed by atoms with Gasteiger partial charge < -0.3 is 23.8 Å². The van der Waals surface area contributed by atoms with Crippen molar-refractivity contribution in [3.8, 4) is 0 Å². The van der Waals surface area contributed by atoms with Gasteiger partial charge in [0.15, 0.2) is 12.6 Å². The highest BCUT2D eigenvalue weighted by atomic mass is 28.1. The van der Waals surface area contributed by atoms with Crippen molar-refractivity contribution in [2.24, 2.45) is 0 Å². The summed E-state index contributed by atoms with van der Waals surface area (Å²) in [6, 6.07) is 0. The van der Waals surface area contributed by atoms with Gasteiger partial charge in [-0.25, -0.2) is 0 Å². The Morgan fingerprint density at radius 3 is 1.25 bits per heavy atom. The van der Waals surface area contributed by atoms with Crippen molar-refractivity contribution in [1.82, 2.24) is 4.90 Å². The van der Waals surface area contributed by atoms with Gasteiger partial charge in [0.2, 0.25) is 0 Å². The molecule has 0 rings (SSSR count). The Morgan fingerprint density at radius 2 is 0.964 bits per heavy atom. The van der Waals surface area contributed by atoms with Gasteiger partial charge in [0.25, 0.3) is 0 Å². The number of nitrogens with zero attached hydrogens (tertiary/aromatic N) is 1. The average molecular weight is 436 g/mol. The molecule has 170 valence electrons. The summed E-state index contributed by atoms with van der Waals surface area (Å²) in [6.07, 6.45) is 7.24. The molecule has 0 fully saturated rings. The van der Waals surface area contributed by atoms with Crippen LogP contribution in [0.15, 0.2) is 0 Å². The van der Waals surface area contributed by atoms with Crippen LogP contribution in [0.2, 0.25) is 11.1 Å². The predicted molar refractivity (Wildman–Crippen MR) is 127 cm³/mol. The molecule has 0 N–H and O–H groups in total. The molecule has 2 unspecified atom stereocenters. The van der Waals surface area contributed by atoms with Crippen LogP contribution in [0.5, 0.6) is 0 Å². The van der Waals surface area contributed by atoms with Crippen LogP contribution in [0.1, 0.15) is 66.2 Å². The summed E-state index contributed by atoms with van der Waals surface area (Å²) in [5.74, 6) is 0. The molecule has 0 aliphatic rings. The van der Waals surface area contributed by atoms with Gasteiger partial charge in [0.05, 0.1) is 0 Å². The van der Waals surface area contributed by atoms with Crippen LogP contribution >= 0.6 is 0 Å². The largest absolute Gasteiger partial charge is 0.353 e. The molecule has 0 aliphatic carbocycles. The second kappa shape index (κ2) is 19.2. The second-order valence-corrected chi connectivity index (χ2v) is 11.2. The molecule has 0 spiro atoms. The number of ether oxygens (including phenoxy) is 4. The van der Waals surface area contributed by atoms with E-state index < -0.39 is 0 Å². The lowest BCUT2D eigenvalue weighted by atomic mass is 10.1. The first-order valence-electron chi connectivity index (χ1n) is 11.6. The van der Waals surface area contributed by atoms with Crippen LogP contribution in [0, 0.1) is 0 Å². The smallest absolute Gasteiger partial charge is 0.157 e. The van der Waals surface area contributed by atoms with Crippen LogP contribution in [0.3, 0.4) is 0 Å². The van der Waals surface area contributed by atoms with E-state index in [2.05, 4.69) is 11.9 Å². The Balaban J connectivity index is 3.87. The Hall–Kier alpha value is 0.234. The molecule has 0 heterocycles. The molecular formula is C21H49NO4Si2. The Bertz CT molecular complexity index is 298. The van der Waals surface area contributed by atoms with Crippen molar-refractivity contribution >= 4 is 20.5 Å². The standard InChI is InChI=1S/C21H49NO4Si2/c1-6-23-20(24-7-2)16-18(27)12-10-14-22(5)15-11-13-19(28)17-21(25-8-3)26-9-4/h18-21H,6-17H2,1-5,27-28H3. The van der Waals surface area contributed by atoms with Crippen molar-refractivity contribution < 1.29 is 18.9 Å². The predicted octanol–water partition coefficient (Wildman–Crippen LogP) is 2.36. The first kappa shape index (κ1) is 28.2. The zero-order valence-corrected chi connectivity index (χ0v) is 23.9. The SMILES string of the molecule is CCOC(CC([SiH3])CCCN(C)CCCC([SiH3])CC(OCC)OCC)OCC. The number of rotatable bonds is 20. The molecule has 5 nitrogen and oxygen atoms in total. The maximum Gasteiger partial charge on any atom is 0.157 e. The third-order valence-electron chi connectivity index (χ3n) is 5.07. The zero-order valence-electron chi connectivity index (χ0n) is 19.9. The van der Waals surface area contributed by atoms with Crippen molar-refractivity contribution in [3.63, 3.8) is 0 Å². The van der Waals surface area contributed by atoms with Crippen molar-refractivity contribution in [2.45, 2.75) is 89.9 Å². The van der Waals surface area contributed by atoms with Crippen molar-refractivity contribution in [2.75, 3.05) is 46.6 Å². The van der Waals surface area contributed by atoms with E-state index in [0.29, 0.717) is 0 Å². The normalized spacial score (nSPS) is 14.6. The van der Waals surface area contributed by atoms with E-state index in [1.54, 1.807) is 0 Å². The van der Waals surface area contributed by atoms with Gasteiger partial charge in [0, 0.05) is 46.9 Å². The van der Waals surface area contributed by atoms with Gasteiger partial charge in [-0.3, -0.25) is 0 Å². The minimum atomic E-state index is -0.00177. The van der Waals surface area contributed by atoms with Crippen LogP contribution in [0.25, 0.3) is 0 Å². The molecule has 0 amide bonds. The lowest BCUT2D eigenvalue weighted by molar-refractivity contribution is -0.140. The highest BCUT2D eigenvalue weighted by Crippen LogP contribution is 2.20. The molecule has 0 saturated carbocycles. The van der Waals surface area contributed by atoms with Gasteiger partial charge in [-0.2, -0.15) is 0 Å². The van der Waals surface area contributed by atoms with Gasteiger partial charge in [-0.05, 0) is 84.6 Å². The van der Waals surface area contributed by atoms with Crippen LogP contribution in [-0.4, -0.2) is 84.5 Å². The minimum absolute atomic E-state index is 0.00177. The summed E-state index contributed by atoms with van der Waals surface area (Å²) in [5.41, 5.74) is 1.55. The summed E-state index contributed by atoms with van der Waals surface area (Å²) in [6.45, 7) is 13.5. The summed E-state index contributed by atoms with van der Waals surface area (Å²) in [7, 11) is 4.69. The van der Waals surface area contributed by atoms with E-state index in [-0.39, 0.29) is 12.6 Å². The average Bonchev–Trinajstić information content (AvgIpc) is 2.62. The molecule has 0 bridgehead atoms. The molecule has 0 aromatic rings. The van der Waals surface area contributed by atoms with Gasteiger partial charge in [-0.15, -0.1) is 0 Å². The highest BCUT2D eigenvalue weighted by Gasteiger charge is 2.15. The summed E-state index contributed by atoms with van der Waals surface area (Å²) < 4.78 is 22.8. The molecule has 28 heavy (non-hydrogen) atoms. The van der Waals surface area contributed by atoms with Crippen molar-refractivity contribution in [3.05, 3.63) is 0 Å². The number of hydrogen-bond donors (Lipinski definition) is 0. The Labute approximate surface area is 181 Å². The molecule has 0 aliphatic heterocycles. The van der Waals surface area contributed by atoms with Gasteiger partial charge in [0.1, 0.15) is 0 Å². The summed E-state index contributed by atoms with van der Waals surface area (Å²) >= 11 is 0. The molecule has 0 aromatic carbocycles. The summed E-state index contributed by atoms with van der Waals surface area (Å²) in [5, 5.41) is 0. The summed E-state index contributed by atoms with van der Waals surface area (Å²) in [4.78, 5) is 2.49. The van der Waals surface area contributed by atoms with Gasteiger partial charge in [-0.1, -0.05) is 12.8 Å². The molecule has 0 saturated heterocycles. The first-order valence-corrected chi connectivity index (χ1v) is 13.9. The monoisotopic (exact) mass is 435 g/mol. The molecule has 0 aromatic heterocycles. The van der Waals surface area contributed by atoms with E-state index in [9.17, 15) is 0 Å². The van der Waals surface area contributed by atoms with Crippen LogP contribution in [0.4, 0.5) is 0 Å². The van der Waals surface area contributed by atoms with Crippen molar-refractivity contribution in [1.29, 1.82) is 0 Å². The lowest BCUT2D eigenvalue weighted by Gasteiger charge is -2.23. The maximum absolute atomic E-state index is 5.69. The van der Waals surface area contributed by atoms with E-state index in [4.69, 9.17) is 18.9 Å². The fourth-order valence-corrected chi connectivity index (χ4v) is 5.12. The molecule has 2 atom stereocenters. The zero-order chi connectivity index (χ0) is 21.2. The third kappa shape index (κ3) is 16.1. The first-order chi connectivity index (χ1) is 13.5. The topological polar surface area (TPSA) is 40.2 Å². The van der Waals surface area contributed by atoms with Crippen LogP contribution in [-0.2, 0) is 18.9 Å². The van der Waals surface area contributed by atoms with Gasteiger partial charge >= 0.3 is 0 Å².